The van der Waals surface area contributed by atoms with Crippen LogP contribution in [0.1, 0.15) is 32.8 Å². The summed E-state index contributed by atoms with van der Waals surface area (Å²) in [7, 11) is 0. The molecule has 0 spiro atoms. The predicted octanol–water partition coefficient (Wildman–Crippen LogP) is 4.94. The molecule has 4 aromatic rings. The quantitative estimate of drug-likeness (QED) is 0.470. The maximum absolute atomic E-state index is 12.6. The van der Waals surface area contributed by atoms with E-state index in [0.29, 0.717) is 6.54 Å². The van der Waals surface area contributed by atoms with Gasteiger partial charge in [0.25, 0.3) is 5.91 Å². The van der Waals surface area contributed by atoms with Crippen molar-refractivity contribution in [1.29, 1.82) is 0 Å². The second kappa shape index (κ2) is 8.17. The molecule has 30 heavy (non-hydrogen) atoms. The van der Waals surface area contributed by atoms with Crippen molar-refractivity contribution in [3.63, 3.8) is 0 Å². The van der Waals surface area contributed by atoms with E-state index in [4.69, 9.17) is 4.98 Å². The van der Waals surface area contributed by atoms with Crippen LogP contribution in [0.25, 0.3) is 21.1 Å². The fourth-order valence-electron chi connectivity index (χ4n) is 4.18. The summed E-state index contributed by atoms with van der Waals surface area (Å²) in [5, 5.41) is 5.23. The minimum atomic E-state index is 0.00206. The van der Waals surface area contributed by atoms with Crippen LogP contribution in [0.4, 0.5) is 0 Å². The number of hydrogen-bond donors (Lipinski definition) is 1. The van der Waals surface area contributed by atoms with Crippen LogP contribution >= 0.6 is 11.3 Å². The SMILES string of the molecule is Cc1ccc2cc3cc(C(=O)NCCCN4CCc5ccccc5C4)sc3nc2c1. The number of nitrogens with one attached hydrogen (secondary N) is 1. The van der Waals surface area contributed by atoms with Gasteiger partial charge < -0.3 is 5.32 Å². The van der Waals surface area contributed by atoms with E-state index in [1.807, 2.05) is 6.07 Å². The summed E-state index contributed by atoms with van der Waals surface area (Å²) in [6.07, 6.45) is 2.07. The Labute approximate surface area is 180 Å². The number of amides is 1. The van der Waals surface area contributed by atoms with E-state index in [9.17, 15) is 4.79 Å². The molecule has 0 bridgehead atoms. The van der Waals surface area contributed by atoms with Crippen LogP contribution in [0.15, 0.2) is 54.6 Å². The smallest absolute Gasteiger partial charge is 0.261 e. The van der Waals surface area contributed by atoms with Gasteiger partial charge in [-0.3, -0.25) is 9.69 Å². The monoisotopic (exact) mass is 415 g/mol. The van der Waals surface area contributed by atoms with Gasteiger partial charge in [-0.25, -0.2) is 4.98 Å². The zero-order valence-corrected chi connectivity index (χ0v) is 18.0. The van der Waals surface area contributed by atoms with Gasteiger partial charge in [0.15, 0.2) is 0 Å². The Hall–Kier alpha value is -2.76. The molecule has 4 nitrogen and oxygen atoms in total. The Morgan fingerprint density at radius 2 is 1.97 bits per heavy atom. The molecular weight excluding hydrogens is 390 g/mol. The molecule has 2 aromatic heterocycles. The Bertz CT molecular complexity index is 1230. The largest absolute Gasteiger partial charge is 0.351 e. The normalized spacial score (nSPS) is 14.2. The molecule has 0 radical (unpaired) electrons. The number of fused-ring (bicyclic) bond motifs is 3. The molecule has 0 fully saturated rings. The maximum atomic E-state index is 12.6. The van der Waals surface area contributed by atoms with Crippen LogP contribution < -0.4 is 5.32 Å². The highest BCUT2D eigenvalue weighted by Gasteiger charge is 2.16. The van der Waals surface area contributed by atoms with Crippen molar-refractivity contribution in [2.75, 3.05) is 19.6 Å². The van der Waals surface area contributed by atoms with Crippen molar-refractivity contribution in [2.24, 2.45) is 0 Å². The van der Waals surface area contributed by atoms with Gasteiger partial charge in [-0.15, -0.1) is 11.3 Å². The van der Waals surface area contributed by atoms with E-state index in [-0.39, 0.29) is 5.91 Å². The van der Waals surface area contributed by atoms with Gasteiger partial charge in [0, 0.05) is 37.0 Å². The van der Waals surface area contributed by atoms with Gasteiger partial charge in [0.2, 0.25) is 0 Å². The van der Waals surface area contributed by atoms with Gasteiger partial charge in [-0.05, 0) is 54.7 Å². The highest BCUT2D eigenvalue weighted by molar-refractivity contribution is 7.20. The van der Waals surface area contributed by atoms with Crippen LogP contribution in [0.2, 0.25) is 0 Å². The van der Waals surface area contributed by atoms with Crippen LogP contribution in [-0.4, -0.2) is 35.4 Å². The fraction of sp³-hybridized carbons (Fsp3) is 0.280. The molecule has 3 heterocycles. The first-order valence-corrected chi connectivity index (χ1v) is 11.4. The summed E-state index contributed by atoms with van der Waals surface area (Å²) in [5.74, 6) is 0.00206. The number of nitrogens with zero attached hydrogens (tertiary/aromatic N) is 2. The Morgan fingerprint density at radius 3 is 2.87 bits per heavy atom. The first kappa shape index (κ1) is 19.2. The van der Waals surface area contributed by atoms with Gasteiger partial charge in [-0.2, -0.15) is 0 Å². The first-order valence-electron chi connectivity index (χ1n) is 10.5. The van der Waals surface area contributed by atoms with E-state index in [1.54, 1.807) is 0 Å². The summed E-state index contributed by atoms with van der Waals surface area (Å²) < 4.78 is 0. The lowest BCUT2D eigenvalue weighted by Gasteiger charge is -2.28. The maximum Gasteiger partial charge on any atom is 0.261 e. The van der Waals surface area contributed by atoms with Crippen LogP contribution in [0, 0.1) is 6.92 Å². The molecular formula is C25H25N3OS. The molecule has 0 aliphatic carbocycles. The summed E-state index contributed by atoms with van der Waals surface area (Å²) in [4.78, 5) is 21.5. The first-order chi connectivity index (χ1) is 14.7. The highest BCUT2D eigenvalue weighted by Crippen LogP contribution is 2.28. The minimum absolute atomic E-state index is 0.00206. The zero-order chi connectivity index (χ0) is 20.5. The molecule has 0 unspecified atom stereocenters. The Morgan fingerprint density at radius 1 is 1.10 bits per heavy atom. The van der Waals surface area contributed by atoms with Crippen molar-refractivity contribution >= 4 is 38.4 Å². The van der Waals surface area contributed by atoms with Crippen molar-refractivity contribution in [3.05, 3.63) is 76.2 Å². The second-order valence-electron chi connectivity index (χ2n) is 8.09. The van der Waals surface area contributed by atoms with E-state index >= 15 is 0 Å². The summed E-state index contributed by atoms with van der Waals surface area (Å²) in [6.45, 7) is 5.88. The number of thiophene rings is 1. The molecule has 1 aliphatic rings. The van der Waals surface area contributed by atoms with E-state index in [1.165, 1.54) is 28.0 Å². The lowest BCUT2D eigenvalue weighted by atomic mass is 10.00. The third kappa shape index (κ3) is 3.95. The standard InChI is InChI=1S/C25H25N3OS/c1-17-7-8-19-14-21-15-23(30-25(21)27-22(19)13-17)24(29)26-10-4-11-28-12-9-18-5-2-3-6-20(18)16-28/h2-3,5-8,13-15H,4,9-12,16H2,1H3,(H,26,29). The molecule has 5 rings (SSSR count). The van der Waals surface area contributed by atoms with Crippen molar-refractivity contribution in [3.8, 4) is 0 Å². The lowest BCUT2D eigenvalue weighted by molar-refractivity contribution is 0.0955. The number of aromatic nitrogens is 1. The number of benzene rings is 2. The van der Waals surface area contributed by atoms with Crippen molar-refractivity contribution in [1.82, 2.24) is 15.2 Å². The van der Waals surface area contributed by atoms with Gasteiger partial charge in [-0.1, -0.05) is 36.4 Å². The number of aryl methyl sites for hydroxylation is 1. The summed E-state index contributed by atoms with van der Waals surface area (Å²) >= 11 is 1.47. The van der Waals surface area contributed by atoms with Crippen molar-refractivity contribution < 1.29 is 4.79 Å². The van der Waals surface area contributed by atoms with E-state index < -0.39 is 0 Å². The zero-order valence-electron chi connectivity index (χ0n) is 17.1. The fourth-order valence-corrected chi connectivity index (χ4v) is 5.12. The van der Waals surface area contributed by atoms with Gasteiger partial charge in [0.05, 0.1) is 10.4 Å². The van der Waals surface area contributed by atoms with Crippen LogP contribution in [0.5, 0.6) is 0 Å². The number of carbonyl (C=O) groups excluding carboxylic acids is 1. The number of pyridine rings is 1. The topological polar surface area (TPSA) is 45.2 Å². The van der Waals surface area contributed by atoms with Crippen molar-refractivity contribution in [2.45, 2.75) is 26.3 Å². The Kier molecular flexibility index (Phi) is 5.23. The average molecular weight is 416 g/mol. The third-order valence-electron chi connectivity index (χ3n) is 5.83. The summed E-state index contributed by atoms with van der Waals surface area (Å²) in [6, 6.07) is 19.1. The molecule has 1 aliphatic heterocycles. The molecule has 1 amide bonds. The predicted molar refractivity (Wildman–Crippen MR) is 124 cm³/mol. The van der Waals surface area contributed by atoms with E-state index in [0.717, 1.165) is 58.5 Å². The molecule has 1 N–H and O–H groups in total. The third-order valence-corrected chi connectivity index (χ3v) is 6.87. The highest BCUT2D eigenvalue weighted by atomic mass is 32.1. The number of carbonyl (C=O) groups is 1. The average Bonchev–Trinajstić information content (AvgIpc) is 3.18. The van der Waals surface area contributed by atoms with Gasteiger partial charge >= 0.3 is 0 Å². The Balaban J connectivity index is 1.18. The van der Waals surface area contributed by atoms with Gasteiger partial charge in [0.1, 0.15) is 4.83 Å². The second-order valence-corrected chi connectivity index (χ2v) is 9.12. The molecule has 2 aromatic carbocycles. The molecule has 0 saturated heterocycles. The van der Waals surface area contributed by atoms with Crippen LogP contribution in [-0.2, 0) is 13.0 Å². The molecule has 5 heteroatoms. The molecule has 0 saturated carbocycles. The minimum Gasteiger partial charge on any atom is -0.351 e. The molecule has 152 valence electrons. The number of rotatable bonds is 5. The molecule has 0 atom stereocenters. The van der Waals surface area contributed by atoms with Crippen LogP contribution in [0.3, 0.4) is 0 Å². The summed E-state index contributed by atoms with van der Waals surface area (Å²) in [5.41, 5.74) is 5.09. The van der Waals surface area contributed by atoms with E-state index in [2.05, 4.69) is 65.7 Å². The lowest BCUT2D eigenvalue weighted by Crippen LogP contribution is -2.33. The number of hydrogen-bond acceptors (Lipinski definition) is 4.